The molecule has 6 nitrogen and oxygen atoms in total. The number of hydrogen-bond donors (Lipinski definition) is 1. The normalized spacial score (nSPS) is 16.6. The zero-order valence-electron chi connectivity index (χ0n) is 14.7. The van der Waals surface area contributed by atoms with Crippen molar-refractivity contribution in [1.29, 1.82) is 0 Å². The number of carbonyl (C=O) groups is 1. The summed E-state index contributed by atoms with van der Waals surface area (Å²) in [5, 5.41) is 4.08. The van der Waals surface area contributed by atoms with Crippen LogP contribution in [0.4, 0.5) is 0 Å². The number of rotatable bonds is 6. The lowest BCUT2D eigenvalue weighted by atomic mass is 10.1. The third-order valence-electron chi connectivity index (χ3n) is 4.33. The molecular formula is C18H24N4O2S. The number of hydrogen-bond acceptors (Lipinski definition) is 6. The average molecular weight is 360 g/mol. The Bertz CT molecular complexity index is 698. The molecule has 1 aliphatic rings. The first kappa shape index (κ1) is 18.0. The molecular weight excluding hydrogens is 336 g/mol. The van der Waals surface area contributed by atoms with Crippen LogP contribution in [0.2, 0.25) is 0 Å². The first-order valence-corrected chi connectivity index (χ1v) is 9.37. The maximum Gasteiger partial charge on any atom is 0.225 e. The highest BCUT2D eigenvalue weighted by Gasteiger charge is 2.24. The number of ether oxygens (including phenoxy) is 1. The number of nitrogens with zero attached hydrogens (tertiary/aromatic N) is 3. The molecule has 25 heavy (non-hydrogen) atoms. The van der Waals surface area contributed by atoms with Crippen molar-refractivity contribution in [1.82, 2.24) is 20.2 Å². The van der Waals surface area contributed by atoms with Crippen molar-refractivity contribution in [2.45, 2.75) is 26.3 Å². The Morgan fingerprint density at radius 1 is 1.36 bits per heavy atom. The molecule has 7 heteroatoms. The second-order valence-corrected chi connectivity index (χ2v) is 7.43. The van der Waals surface area contributed by atoms with Crippen molar-refractivity contribution < 1.29 is 9.53 Å². The van der Waals surface area contributed by atoms with Crippen molar-refractivity contribution in [2.24, 2.45) is 0 Å². The maximum atomic E-state index is 12.4. The van der Waals surface area contributed by atoms with Crippen LogP contribution in [0, 0.1) is 13.8 Å². The minimum absolute atomic E-state index is 0.0286. The van der Waals surface area contributed by atoms with Crippen LogP contribution in [0.5, 0.6) is 0 Å². The first-order valence-electron chi connectivity index (χ1n) is 8.56. The predicted octanol–water partition coefficient (Wildman–Crippen LogP) is 1.89. The number of pyridine rings is 1. The average Bonchev–Trinajstić information content (AvgIpc) is 2.94. The van der Waals surface area contributed by atoms with Crippen molar-refractivity contribution in [3.05, 3.63) is 45.7 Å². The van der Waals surface area contributed by atoms with Crippen LogP contribution in [0.3, 0.4) is 0 Å². The summed E-state index contributed by atoms with van der Waals surface area (Å²) in [6.45, 7) is 7.61. The van der Waals surface area contributed by atoms with Crippen molar-refractivity contribution in [3.8, 4) is 0 Å². The highest BCUT2D eigenvalue weighted by molar-refractivity contribution is 7.11. The summed E-state index contributed by atoms with van der Waals surface area (Å²) in [7, 11) is 0. The molecule has 1 saturated heterocycles. The van der Waals surface area contributed by atoms with Gasteiger partial charge in [-0.3, -0.25) is 14.7 Å². The monoisotopic (exact) mass is 360 g/mol. The lowest BCUT2D eigenvalue weighted by Gasteiger charge is -2.34. The highest BCUT2D eigenvalue weighted by Crippen LogP contribution is 2.20. The maximum absolute atomic E-state index is 12.4. The van der Waals surface area contributed by atoms with Gasteiger partial charge in [-0.25, -0.2) is 4.98 Å². The Kier molecular flexibility index (Phi) is 6.12. The van der Waals surface area contributed by atoms with Crippen molar-refractivity contribution in [3.63, 3.8) is 0 Å². The van der Waals surface area contributed by atoms with Crippen LogP contribution < -0.4 is 5.32 Å². The molecule has 1 N–H and O–H groups in total. The van der Waals surface area contributed by atoms with Gasteiger partial charge in [-0.2, -0.15) is 0 Å². The zero-order valence-corrected chi connectivity index (χ0v) is 15.5. The standard InChI is InChI=1S/C18H24N4O2S/c1-13-17(25-14(2)21-13)11-18(23)20-12-16(15-5-3-4-6-19-15)22-7-9-24-10-8-22/h3-6,16H,7-12H2,1-2H3,(H,20,23). The number of amides is 1. The van der Waals surface area contributed by atoms with E-state index in [9.17, 15) is 4.79 Å². The number of morpholine rings is 1. The second-order valence-electron chi connectivity index (χ2n) is 6.14. The SMILES string of the molecule is Cc1nc(C)c(CC(=O)NCC(c2ccccn2)N2CCOCC2)s1. The Morgan fingerprint density at radius 2 is 2.16 bits per heavy atom. The summed E-state index contributed by atoms with van der Waals surface area (Å²) >= 11 is 1.59. The quantitative estimate of drug-likeness (QED) is 0.852. The molecule has 0 saturated carbocycles. The first-order chi connectivity index (χ1) is 12.1. The van der Waals surface area contributed by atoms with E-state index in [0.717, 1.165) is 47.6 Å². The summed E-state index contributed by atoms with van der Waals surface area (Å²) in [4.78, 5) is 24.6. The lowest BCUT2D eigenvalue weighted by molar-refractivity contribution is -0.120. The van der Waals surface area contributed by atoms with E-state index in [4.69, 9.17) is 4.74 Å². The van der Waals surface area contributed by atoms with E-state index in [0.29, 0.717) is 13.0 Å². The molecule has 2 aromatic rings. The number of nitrogens with one attached hydrogen (secondary N) is 1. The molecule has 0 aromatic carbocycles. The topological polar surface area (TPSA) is 67.4 Å². The van der Waals surface area contributed by atoms with Crippen LogP contribution in [0.25, 0.3) is 0 Å². The van der Waals surface area contributed by atoms with Gasteiger partial charge in [0.15, 0.2) is 0 Å². The zero-order chi connectivity index (χ0) is 17.6. The fourth-order valence-electron chi connectivity index (χ4n) is 3.04. The summed E-state index contributed by atoms with van der Waals surface area (Å²) < 4.78 is 5.45. The molecule has 0 bridgehead atoms. The van der Waals surface area contributed by atoms with Gasteiger partial charge < -0.3 is 10.1 Å². The summed E-state index contributed by atoms with van der Waals surface area (Å²) in [5.74, 6) is 0.0286. The molecule has 3 rings (SSSR count). The summed E-state index contributed by atoms with van der Waals surface area (Å²) in [5.41, 5.74) is 1.93. The third-order valence-corrected chi connectivity index (χ3v) is 5.40. The van der Waals surface area contributed by atoms with Gasteiger partial charge in [-0.15, -0.1) is 11.3 Å². The van der Waals surface area contributed by atoms with E-state index in [1.165, 1.54) is 0 Å². The predicted molar refractivity (Wildman–Crippen MR) is 97.7 cm³/mol. The Labute approximate surface area is 152 Å². The fraction of sp³-hybridized carbons (Fsp3) is 0.500. The fourth-order valence-corrected chi connectivity index (χ4v) is 3.98. The highest BCUT2D eigenvalue weighted by atomic mass is 32.1. The van der Waals surface area contributed by atoms with Gasteiger partial charge in [0, 0.05) is 30.7 Å². The van der Waals surface area contributed by atoms with Gasteiger partial charge in [-0.1, -0.05) is 6.07 Å². The smallest absolute Gasteiger partial charge is 0.225 e. The number of carbonyl (C=O) groups excluding carboxylic acids is 1. The second kappa shape index (κ2) is 8.51. The van der Waals surface area contributed by atoms with Gasteiger partial charge in [0.25, 0.3) is 0 Å². The van der Waals surface area contributed by atoms with E-state index in [2.05, 4.69) is 20.2 Å². The molecule has 1 aliphatic heterocycles. The van der Waals surface area contributed by atoms with Gasteiger partial charge in [0.2, 0.25) is 5.91 Å². The van der Waals surface area contributed by atoms with Crippen molar-refractivity contribution >= 4 is 17.2 Å². The third kappa shape index (κ3) is 4.84. The molecule has 1 fully saturated rings. The van der Waals surface area contributed by atoms with Crippen LogP contribution in [0.15, 0.2) is 24.4 Å². The lowest BCUT2D eigenvalue weighted by Crippen LogP contribution is -2.44. The Morgan fingerprint density at radius 3 is 2.80 bits per heavy atom. The number of aryl methyl sites for hydroxylation is 2. The molecule has 0 spiro atoms. The molecule has 3 heterocycles. The van der Waals surface area contributed by atoms with Crippen LogP contribution in [-0.4, -0.2) is 53.6 Å². The van der Waals surface area contributed by atoms with Gasteiger partial charge in [0.1, 0.15) is 0 Å². The van der Waals surface area contributed by atoms with Gasteiger partial charge in [0.05, 0.1) is 42.1 Å². The molecule has 1 atom stereocenters. The van der Waals surface area contributed by atoms with E-state index < -0.39 is 0 Å². The van der Waals surface area contributed by atoms with Gasteiger partial charge >= 0.3 is 0 Å². The molecule has 0 radical (unpaired) electrons. The molecule has 134 valence electrons. The molecule has 1 unspecified atom stereocenters. The minimum atomic E-state index is 0.0286. The number of thiazole rings is 1. The van der Waals surface area contributed by atoms with Crippen LogP contribution in [-0.2, 0) is 16.0 Å². The molecule has 0 aliphatic carbocycles. The summed E-state index contributed by atoms with van der Waals surface area (Å²) in [6.07, 6.45) is 2.18. The van der Waals surface area contributed by atoms with Crippen LogP contribution >= 0.6 is 11.3 Å². The van der Waals surface area contributed by atoms with E-state index in [-0.39, 0.29) is 11.9 Å². The molecule has 1 amide bonds. The van der Waals surface area contributed by atoms with E-state index in [1.807, 2.05) is 32.0 Å². The largest absolute Gasteiger partial charge is 0.379 e. The van der Waals surface area contributed by atoms with Crippen molar-refractivity contribution in [2.75, 3.05) is 32.8 Å². The van der Waals surface area contributed by atoms with E-state index >= 15 is 0 Å². The Balaban J connectivity index is 1.63. The number of aromatic nitrogens is 2. The Hall–Kier alpha value is -1.83. The van der Waals surface area contributed by atoms with Gasteiger partial charge in [-0.05, 0) is 26.0 Å². The molecule has 2 aromatic heterocycles. The minimum Gasteiger partial charge on any atom is -0.379 e. The van der Waals surface area contributed by atoms with E-state index in [1.54, 1.807) is 17.5 Å². The summed E-state index contributed by atoms with van der Waals surface area (Å²) in [6, 6.07) is 5.98. The van der Waals surface area contributed by atoms with Crippen LogP contribution in [0.1, 0.15) is 27.3 Å².